The molecule has 0 saturated heterocycles. The van der Waals surface area contributed by atoms with E-state index in [4.69, 9.17) is 0 Å². The number of hydrogen-bond acceptors (Lipinski definition) is 2. The Morgan fingerprint density at radius 3 is 1.53 bits per heavy atom. The molecular formula is C50H29N5. The second-order valence-electron chi connectivity index (χ2n) is 14.0. The second-order valence-corrected chi connectivity index (χ2v) is 14.0. The standard InChI is InChI=1S/C50H29N5/c51-30-32-20-27-40-39-12-1-5-14-43(39)54(49(40)28-32)36-26-23-34(31-52)42(29-36)33-21-24-35(25-22-33)53-46-17-8-4-13-41(46)50-47(53)18-9-19-48(50)55-44-15-6-2-10-37(44)38-11-3-7-16-45(38)55/h1-29H. The van der Waals surface area contributed by atoms with Gasteiger partial charge in [-0.3, -0.25) is 0 Å². The van der Waals surface area contributed by atoms with Crippen molar-refractivity contribution in [1.82, 2.24) is 13.7 Å². The van der Waals surface area contributed by atoms with Crippen LogP contribution in [0.1, 0.15) is 11.1 Å². The van der Waals surface area contributed by atoms with Crippen molar-refractivity contribution in [3.05, 3.63) is 187 Å². The van der Waals surface area contributed by atoms with Crippen LogP contribution in [0.5, 0.6) is 0 Å². The van der Waals surface area contributed by atoms with E-state index in [1.807, 2.05) is 42.5 Å². The van der Waals surface area contributed by atoms with Crippen LogP contribution in [-0.4, -0.2) is 13.7 Å². The molecule has 0 aliphatic rings. The van der Waals surface area contributed by atoms with Crippen molar-refractivity contribution in [1.29, 1.82) is 10.5 Å². The van der Waals surface area contributed by atoms with Gasteiger partial charge in [0.1, 0.15) is 0 Å². The van der Waals surface area contributed by atoms with Crippen LogP contribution >= 0.6 is 0 Å². The van der Waals surface area contributed by atoms with Gasteiger partial charge < -0.3 is 13.7 Å². The maximum atomic E-state index is 10.3. The number of rotatable bonds is 4. The fraction of sp³-hybridized carbons (Fsp3) is 0. The first-order valence-corrected chi connectivity index (χ1v) is 18.3. The van der Waals surface area contributed by atoms with E-state index >= 15 is 0 Å². The van der Waals surface area contributed by atoms with Crippen molar-refractivity contribution in [3.63, 3.8) is 0 Å². The molecule has 11 aromatic rings. The summed E-state index contributed by atoms with van der Waals surface area (Å²) in [5, 5.41) is 27.1. The number of fused-ring (bicyclic) bond motifs is 9. The lowest BCUT2D eigenvalue weighted by Crippen LogP contribution is -1.97. The Hall–Kier alpha value is -7.86. The van der Waals surface area contributed by atoms with Gasteiger partial charge in [-0.25, -0.2) is 0 Å². The zero-order valence-corrected chi connectivity index (χ0v) is 29.5. The Labute approximate surface area is 316 Å². The largest absolute Gasteiger partial charge is 0.309 e. The lowest BCUT2D eigenvalue weighted by atomic mass is 9.99. The van der Waals surface area contributed by atoms with Crippen LogP contribution in [0, 0.1) is 22.7 Å². The Balaban J connectivity index is 1.08. The zero-order valence-electron chi connectivity index (χ0n) is 29.5. The molecule has 8 aromatic carbocycles. The Morgan fingerprint density at radius 1 is 0.364 bits per heavy atom. The lowest BCUT2D eigenvalue weighted by Gasteiger charge is -2.13. The first-order valence-electron chi connectivity index (χ1n) is 18.3. The minimum absolute atomic E-state index is 0.600. The summed E-state index contributed by atoms with van der Waals surface area (Å²) in [6, 6.07) is 65.9. The number of para-hydroxylation sites is 4. The highest BCUT2D eigenvalue weighted by atomic mass is 15.0. The highest BCUT2D eigenvalue weighted by molar-refractivity contribution is 6.16. The maximum absolute atomic E-state index is 10.3. The van der Waals surface area contributed by atoms with Gasteiger partial charge in [0.05, 0.1) is 62.1 Å². The normalized spacial score (nSPS) is 11.6. The van der Waals surface area contributed by atoms with Crippen molar-refractivity contribution >= 4 is 65.4 Å². The van der Waals surface area contributed by atoms with E-state index in [1.54, 1.807) is 0 Å². The molecule has 0 fully saturated rings. The molecule has 5 nitrogen and oxygen atoms in total. The Bertz CT molecular complexity index is 3400. The zero-order chi connectivity index (χ0) is 36.6. The summed E-state index contributed by atoms with van der Waals surface area (Å²) in [6.07, 6.45) is 0. The van der Waals surface area contributed by atoms with Crippen LogP contribution < -0.4 is 0 Å². The van der Waals surface area contributed by atoms with Crippen LogP contribution in [0.2, 0.25) is 0 Å². The van der Waals surface area contributed by atoms with Crippen molar-refractivity contribution < 1.29 is 0 Å². The lowest BCUT2D eigenvalue weighted by molar-refractivity contribution is 1.17. The molecule has 0 aliphatic heterocycles. The Kier molecular flexibility index (Phi) is 6.61. The molecule has 0 aliphatic carbocycles. The molecule has 254 valence electrons. The van der Waals surface area contributed by atoms with Crippen molar-refractivity contribution in [3.8, 4) is 40.3 Å². The molecule has 0 unspecified atom stereocenters. The molecular weight excluding hydrogens is 671 g/mol. The summed E-state index contributed by atoms with van der Waals surface area (Å²) in [7, 11) is 0. The van der Waals surface area contributed by atoms with E-state index in [0.717, 1.165) is 61.0 Å². The van der Waals surface area contributed by atoms with Gasteiger partial charge in [0.2, 0.25) is 0 Å². The van der Waals surface area contributed by atoms with E-state index in [9.17, 15) is 10.5 Å². The minimum Gasteiger partial charge on any atom is -0.309 e. The van der Waals surface area contributed by atoms with Crippen molar-refractivity contribution in [2.24, 2.45) is 0 Å². The van der Waals surface area contributed by atoms with E-state index in [1.165, 1.54) is 32.6 Å². The predicted octanol–water partition coefficient (Wildman–Crippen LogP) is 12.4. The summed E-state index contributed by atoms with van der Waals surface area (Å²) in [5.41, 5.74) is 12.7. The number of hydrogen-bond donors (Lipinski definition) is 0. The molecule has 5 heteroatoms. The summed E-state index contributed by atoms with van der Waals surface area (Å²) < 4.78 is 6.94. The smallest absolute Gasteiger partial charge is 0.0998 e. The van der Waals surface area contributed by atoms with Crippen LogP contribution in [0.25, 0.3) is 93.6 Å². The van der Waals surface area contributed by atoms with Crippen molar-refractivity contribution in [2.75, 3.05) is 0 Å². The third kappa shape index (κ3) is 4.45. The molecule has 0 N–H and O–H groups in total. The quantitative estimate of drug-likeness (QED) is 0.184. The van der Waals surface area contributed by atoms with Crippen LogP contribution in [0.15, 0.2) is 176 Å². The monoisotopic (exact) mass is 699 g/mol. The molecule has 0 spiro atoms. The molecule has 0 saturated carbocycles. The van der Waals surface area contributed by atoms with Gasteiger partial charge in [-0.1, -0.05) is 97.1 Å². The topological polar surface area (TPSA) is 62.4 Å². The molecule has 55 heavy (non-hydrogen) atoms. The van der Waals surface area contributed by atoms with Gasteiger partial charge in [-0.05, 0) is 84.4 Å². The summed E-state index contributed by atoms with van der Waals surface area (Å²) >= 11 is 0. The first-order chi connectivity index (χ1) is 27.2. The summed E-state index contributed by atoms with van der Waals surface area (Å²) in [6.45, 7) is 0. The molecule has 0 amide bonds. The fourth-order valence-electron chi connectivity index (χ4n) is 8.76. The van der Waals surface area contributed by atoms with E-state index in [-0.39, 0.29) is 0 Å². The van der Waals surface area contributed by atoms with Gasteiger partial charge in [0, 0.05) is 49.3 Å². The first kappa shape index (κ1) is 30.7. The minimum atomic E-state index is 0.600. The number of benzene rings is 8. The van der Waals surface area contributed by atoms with Crippen LogP contribution in [-0.2, 0) is 0 Å². The number of aromatic nitrogens is 3. The number of nitrogens with zero attached hydrogens (tertiary/aromatic N) is 5. The van der Waals surface area contributed by atoms with Gasteiger partial charge >= 0.3 is 0 Å². The third-order valence-corrected chi connectivity index (χ3v) is 11.1. The molecule has 11 rings (SSSR count). The molecule has 0 atom stereocenters. The van der Waals surface area contributed by atoms with Crippen LogP contribution in [0.4, 0.5) is 0 Å². The highest BCUT2D eigenvalue weighted by Crippen LogP contribution is 2.40. The number of nitriles is 2. The predicted molar refractivity (Wildman–Crippen MR) is 224 cm³/mol. The summed E-state index contributed by atoms with van der Waals surface area (Å²) in [4.78, 5) is 0. The van der Waals surface area contributed by atoms with Gasteiger partial charge in [-0.2, -0.15) is 10.5 Å². The fourth-order valence-corrected chi connectivity index (χ4v) is 8.76. The van der Waals surface area contributed by atoms with Gasteiger partial charge in [0.15, 0.2) is 0 Å². The highest BCUT2D eigenvalue weighted by Gasteiger charge is 2.20. The molecule has 0 radical (unpaired) electrons. The second kappa shape index (κ2) is 11.8. The maximum Gasteiger partial charge on any atom is 0.0998 e. The van der Waals surface area contributed by atoms with Crippen molar-refractivity contribution in [2.45, 2.75) is 0 Å². The van der Waals surface area contributed by atoms with E-state index < -0.39 is 0 Å². The van der Waals surface area contributed by atoms with E-state index in [0.29, 0.717) is 11.1 Å². The average Bonchev–Trinajstić information content (AvgIpc) is 3.89. The van der Waals surface area contributed by atoms with Gasteiger partial charge in [-0.15, -0.1) is 0 Å². The molecule has 3 aromatic heterocycles. The Morgan fingerprint density at radius 2 is 0.891 bits per heavy atom. The van der Waals surface area contributed by atoms with Crippen LogP contribution in [0.3, 0.4) is 0 Å². The molecule has 0 bridgehead atoms. The summed E-state index contributed by atoms with van der Waals surface area (Å²) in [5.74, 6) is 0. The van der Waals surface area contributed by atoms with Gasteiger partial charge in [0.25, 0.3) is 0 Å². The van der Waals surface area contributed by atoms with E-state index in [2.05, 4.69) is 159 Å². The average molecular weight is 700 g/mol. The molecule has 3 heterocycles. The third-order valence-electron chi connectivity index (χ3n) is 11.1. The SMILES string of the molecule is N#Cc1ccc2c3ccccc3n(-c3ccc(C#N)c(-c4ccc(-n5c6ccccc6c6c(-n7c8ccccc8c8ccccc87)cccc65)cc4)c3)c2c1.